The number of hydrogen-bond donors (Lipinski definition) is 0. The first kappa shape index (κ1) is 15.4. The molecule has 20 heavy (non-hydrogen) atoms. The molecule has 0 N–H and O–H groups in total. The van der Waals surface area contributed by atoms with E-state index in [4.69, 9.17) is 11.6 Å². The number of benzene rings is 1. The maximum Gasteiger partial charge on any atom is 0.223 e. The van der Waals surface area contributed by atoms with Gasteiger partial charge >= 0.3 is 0 Å². The standard InChI is InChI=1S/C17H24ClNO/c1-2-19(13-15-9-6-10-16(18)11-15)17(20)12-14-7-4-3-5-8-14/h6,9-11,14H,2-5,7-8,12-13H2,1H3. The van der Waals surface area contributed by atoms with Crippen LogP contribution in [0.3, 0.4) is 0 Å². The molecular weight excluding hydrogens is 270 g/mol. The molecule has 110 valence electrons. The van der Waals surface area contributed by atoms with E-state index in [0.717, 1.165) is 17.1 Å². The van der Waals surface area contributed by atoms with Gasteiger partial charge in [0, 0.05) is 24.5 Å². The molecule has 0 aromatic heterocycles. The summed E-state index contributed by atoms with van der Waals surface area (Å²) in [5.41, 5.74) is 1.11. The summed E-state index contributed by atoms with van der Waals surface area (Å²) in [6, 6.07) is 7.78. The molecule has 2 nitrogen and oxygen atoms in total. The number of hydrogen-bond acceptors (Lipinski definition) is 1. The second-order valence-electron chi connectivity index (χ2n) is 5.75. The molecule has 0 unspecified atom stereocenters. The monoisotopic (exact) mass is 293 g/mol. The minimum absolute atomic E-state index is 0.291. The summed E-state index contributed by atoms with van der Waals surface area (Å²) in [7, 11) is 0. The maximum atomic E-state index is 12.4. The number of carbonyl (C=O) groups excluding carboxylic acids is 1. The molecular formula is C17H24ClNO. The fraction of sp³-hybridized carbons (Fsp3) is 0.588. The van der Waals surface area contributed by atoms with Gasteiger partial charge in [-0.2, -0.15) is 0 Å². The largest absolute Gasteiger partial charge is 0.339 e. The molecule has 0 bridgehead atoms. The minimum atomic E-state index is 0.291. The van der Waals surface area contributed by atoms with Crippen molar-refractivity contribution in [3.8, 4) is 0 Å². The minimum Gasteiger partial charge on any atom is -0.339 e. The lowest BCUT2D eigenvalue weighted by atomic mass is 9.86. The van der Waals surface area contributed by atoms with E-state index in [0.29, 0.717) is 24.8 Å². The zero-order chi connectivity index (χ0) is 14.4. The van der Waals surface area contributed by atoms with Crippen LogP contribution in [0, 0.1) is 5.92 Å². The van der Waals surface area contributed by atoms with Gasteiger partial charge in [-0.25, -0.2) is 0 Å². The Bertz CT molecular complexity index is 440. The van der Waals surface area contributed by atoms with E-state index >= 15 is 0 Å². The van der Waals surface area contributed by atoms with Crippen LogP contribution >= 0.6 is 11.6 Å². The predicted molar refractivity (Wildman–Crippen MR) is 83.7 cm³/mol. The van der Waals surface area contributed by atoms with Crippen molar-refractivity contribution in [2.75, 3.05) is 6.54 Å². The van der Waals surface area contributed by atoms with Crippen LogP contribution in [0.2, 0.25) is 5.02 Å². The summed E-state index contributed by atoms with van der Waals surface area (Å²) in [6.45, 7) is 3.48. The van der Waals surface area contributed by atoms with Crippen molar-refractivity contribution in [2.24, 2.45) is 5.92 Å². The van der Waals surface area contributed by atoms with E-state index in [1.165, 1.54) is 32.1 Å². The Kier molecular flexibility index (Phi) is 5.90. The molecule has 1 aliphatic rings. The predicted octanol–water partition coefficient (Wildman–Crippen LogP) is 4.66. The summed E-state index contributed by atoms with van der Waals surface area (Å²) in [6.07, 6.45) is 7.08. The van der Waals surface area contributed by atoms with Gasteiger partial charge in [0.1, 0.15) is 0 Å². The molecule has 1 amide bonds. The fourth-order valence-corrected chi connectivity index (χ4v) is 3.21. The zero-order valence-electron chi connectivity index (χ0n) is 12.3. The molecule has 0 radical (unpaired) electrons. The third-order valence-corrected chi connectivity index (χ3v) is 4.42. The SMILES string of the molecule is CCN(Cc1cccc(Cl)c1)C(=O)CC1CCCCC1. The Morgan fingerprint density at radius 3 is 2.70 bits per heavy atom. The highest BCUT2D eigenvalue weighted by molar-refractivity contribution is 6.30. The van der Waals surface area contributed by atoms with Crippen LogP contribution in [0.5, 0.6) is 0 Å². The Morgan fingerprint density at radius 2 is 2.05 bits per heavy atom. The molecule has 1 fully saturated rings. The molecule has 3 heteroatoms. The Balaban J connectivity index is 1.91. The summed E-state index contributed by atoms with van der Waals surface area (Å²) in [5, 5.41) is 0.735. The lowest BCUT2D eigenvalue weighted by Gasteiger charge is -2.26. The van der Waals surface area contributed by atoms with E-state index in [1.54, 1.807) is 0 Å². The molecule has 1 aromatic carbocycles. The molecule has 1 aliphatic carbocycles. The van der Waals surface area contributed by atoms with Gasteiger partial charge in [0.2, 0.25) is 5.91 Å². The van der Waals surface area contributed by atoms with Crippen LogP contribution in [0.25, 0.3) is 0 Å². The molecule has 1 aromatic rings. The highest BCUT2D eigenvalue weighted by Crippen LogP contribution is 2.27. The first-order valence-corrected chi connectivity index (χ1v) is 8.09. The molecule has 0 spiro atoms. The van der Waals surface area contributed by atoms with Crippen LogP contribution in [-0.2, 0) is 11.3 Å². The van der Waals surface area contributed by atoms with Gasteiger partial charge in [-0.1, -0.05) is 43.0 Å². The second-order valence-corrected chi connectivity index (χ2v) is 6.18. The summed E-state index contributed by atoms with van der Waals surface area (Å²) in [4.78, 5) is 14.4. The molecule has 0 saturated heterocycles. The average Bonchev–Trinajstić information content (AvgIpc) is 2.46. The van der Waals surface area contributed by atoms with E-state index in [-0.39, 0.29) is 0 Å². The number of carbonyl (C=O) groups is 1. The van der Waals surface area contributed by atoms with Crippen molar-refractivity contribution < 1.29 is 4.79 Å². The van der Waals surface area contributed by atoms with E-state index in [1.807, 2.05) is 36.1 Å². The first-order valence-electron chi connectivity index (χ1n) is 7.71. The maximum absolute atomic E-state index is 12.4. The quantitative estimate of drug-likeness (QED) is 0.773. The number of halogens is 1. The highest BCUT2D eigenvalue weighted by Gasteiger charge is 2.20. The third kappa shape index (κ3) is 4.52. The van der Waals surface area contributed by atoms with Gasteiger partial charge in [-0.05, 0) is 43.4 Å². The Labute approximate surface area is 127 Å². The van der Waals surface area contributed by atoms with Crippen molar-refractivity contribution in [2.45, 2.75) is 52.0 Å². The van der Waals surface area contributed by atoms with E-state index in [2.05, 4.69) is 0 Å². The van der Waals surface area contributed by atoms with Crippen molar-refractivity contribution >= 4 is 17.5 Å². The van der Waals surface area contributed by atoms with Crippen LogP contribution in [0.1, 0.15) is 51.0 Å². The van der Waals surface area contributed by atoms with Gasteiger partial charge in [0.05, 0.1) is 0 Å². The Hall–Kier alpha value is -1.02. The van der Waals surface area contributed by atoms with E-state index < -0.39 is 0 Å². The number of rotatable bonds is 5. The molecule has 1 saturated carbocycles. The molecule has 2 rings (SSSR count). The number of nitrogens with zero attached hydrogens (tertiary/aromatic N) is 1. The van der Waals surface area contributed by atoms with Crippen LogP contribution in [0.4, 0.5) is 0 Å². The second kappa shape index (κ2) is 7.68. The normalized spacial score (nSPS) is 16.1. The van der Waals surface area contributed by atoms with Crippen molar-refractivity contribution in [3.63, 3.8) is 0 Å². The lowest BCUT2D eigenvalue weighted by molar-refractivity contribution is -0.132. The molecule has 0 heterocycles. The van der Waals surface area contributed by atoms with Gasteiger partial charge < -0.3 is 4.90 Å². The van der Waals surface area contributed by atoms with Gasteiger partial charge in [0.15, 0.2) is 0 Å². The van der Waals surface area contributed by atoms with Crippen molar-refractivity contribution in [1.82, 2.24) is 4.90 Å². The first-order chi connectivity index (χ1) is 9.69. The van der Waals surface area contributed by atoms with Crippen LogP contribution in [0.15, 0.2) is 24.3 Å². The average molecular weight is 294 g/mol. The summed E-state index contributed by atoms with van der Waals surface area (Å²) < 4.78 is 0. The third-order valence-electron chi connectivity index (χ3n) is 4.18. The van der Waals surface area contributed by atoms with Crippen LogP contribution < -0.4 is 0 Å². The Morgan fingerprint density at radius 1 is 1.30 bits per heavy atom. The molecule has 0 atom stereocenters. The summed E-state index contributed by atoms with van der Waals surface area (Å²) >= 11 is 6.00. The van der Waals surface area contributed by atoms with Gasteiger partial charge in [0.25, 0.3) is 0 Å². The van der Waals surface area contributed by atoms with Gasteiger partial charge in [-0.3, -0.25) is 4.79 Å². The topological polar surface area (TPSA) is 20.3 Å². The van der Waals surface area contributed by atoms with Crippen molar-refractivity contribution in [3.05, 3.63) is 34.9 Å². The van der Waals surface area contributed by atoms with Crippen LogP contribution in [-0.4, -0.2) is 17.4 Å². The molecule has 0 aliphatic heterocycles. The lowest BCUT2D eigenvalue weighted by Crippen LogP contribution is -2.32. The number of amides is 1. The fourth-order valence-electron chi connectivity index (χ4n) is 3.00. The smallest absolute Gasteiger partial charge is 0.223 e. The highest BCUT2D eigenvalue weighted by atomic mass is 35.5. The van der Waals surface area contributed by atoms with E-state index in [9.17, 15) is 4.79 Å². The van der Waals surface area contributed by atoms with Gasteiger partial charge in [-0.15, -0.1) is 0 Å². The summed E-state index contributed by atoms with van der Waals surface area (Å²) in [5.74, 6) is 0.893. The zero-order valence-corrected chi connectivity index (χ0v) is 13.0. The van der Waals surface area contributed by atoms with Crippen molar-refractivity contribution in [1.29, 1.82) is 0 Å².